The lowest BCUT2D eigenvalue weighted by molar-refractivity contribution is -0.123. The van der Waals surface area contributed by atoms with E-state index in [-0.39, 0.29) is 13.0 Å². The third kappa shape index (κ3) is 5.72. The average Bonchev–Trinajstić information content (AvgIpc) is 2.59. The summed E-state index contributed by atoms with van der Waals surface area (Å²) >= 11 is 0. The molecule has 2 rings (SSSR count). The number of amides is 2. The molecule has 0 saturated heterocycles. The van der Waals surface area contributed by atoms with Gasteiger partial charge in [0, 0.05) is 5.69 Å². The lowest BCUT2D eigenvalue weighted by Gasteiger charge is -2.08. The van der Waals surface area contributed by atoms with Crippen LogP contribution in [0.4, 0.5) is 10.1 Å². The van der Waals surface area contributed by atoms with E-state index in [4.69, 9.17) is 0 Å². The first kappa shape index (κ1) is 18.1. The summed E-state index contributed by atoms with van der Waals surface area (Å²) in [4.78, 5) is 35.1. The van der Waals surface area contributed by atoms with Crippen LogP contribution < -0.4 is 10.6 Å². The monoisotopic (exact) mass is 344 g/mol. The first-order chi connectivity index (χ1) is 12.0. The van der Waals surface area contributed by atoms with Crippen LogP contribution in [0.2, 0.25) is 0 Å². The number of benzene rings is 2. The molecule has 2 aromatic carbocycles. The van der Waals surface area contributed by atoms with Gasteiger partial charge in [-0.15, -0.1) is 0 Å². The van der Waals surface area contributed by atoms with E-state index in [9.17, 15) is 18.8 Å². The summed E-state index contributed by atoms with van der Waals surface area (Å²) in [5.74, 6) is -1.79. The van der Waals surface area contributed by atoms with Gasteiger partial charge in [0.25, 0.3) is 0 Å². The average molecular weight is 344 g/mol. The molecule has 2 amide bonds. The van der Waals surface area contributed by atoms with Gasteiger partial charge in [-0.05, 0) is 35.9 Å². The third-order valence-electron chi connectivity index (χ3n) is 3.27. The highest BCUT2D eigenvalue weighted by Crippen LogP contribution is 2.11. The molecule has 6 nitrogen and oxygen atoms in total. The molecule has 0 aliphatic rings. The van der Waals surface area contributed by atoms with Crippen LogP contribution in [0, 0.1) is 5.82 Å². The fourth-order valence-corrected chi connectivity index (χ4v) is 2.12. The lowest BCUT2D eigenvalue weighted by Crippen LogP contribution is -2.33. The van der Waals surface area contributed by atoms with E-state index >= 15 is 0 Å². The van der Waals surface area contributed by atoms with Crippen LogP contribution >= 0.6 is 0 Å². The van der Waals surface area contributed by atoms with Crippen LogP contribution in [-0.2, 0) is 20.7 Å². The summed E-state index contributed by atoms with van der Waals surface area (Å²) in [6.45, 7) is -0.239. The molecule has 0 aliphatic heterocycles. The molecule has 25 heavy (non-hydrogen) atoms. The zero-order chi connectivity index (χ0) is 18.2. The molecular weight excluding hydrogens is 327 g/mol. The minimum absolute atomic E-state index is 0.0249. The predicted octanol–water partition coefficient (Wildman–Crippen LogP) is 1.91. The number of esters is 1. The number of halogens is 1. The molecule has 0 saturated carbocycles. The highest BCUT2D eigenvalue weighted by Gasteiger charge is 2.09. The van der Waals surface area contributed by atoms with E-state index < -0.39 is 23.6 Å². The molecule has 0 aliphatic carbocycles. The topological polar surface area (TPSA) is 84.5 Å². The van der Waals surface area contributed by atoms with Crippen molar-refractivity contribution in [1.29, 1.82) is 0 Å². The van der Waals surface area contributed by atoms with Crippen LogP contribution in [0.15, 0.2) is 48.5 Å². The van der Waals surface area contributed by atoms with Crippen LogP contribution in [0.3, 0.4) is 0 Å². The number of rotatable bonds is 6. The van der Waals surface area contributed by atoms with Gasteiger partial charge in [-0.3, -0.25) is 9.59 Å². The van der Waals surface area contributed by atoms with E-state index in [1.54, 1.807) is 24.3 Å². The van der Waals surface area contributed by atoms with Gasteiger partial charge in [-0.25, -0.2) is 9.18 Å². The Morgan fingerprint density at radius 2 is 1.80 bits per heavy atom. The molecule has 0 bridgehead atoms. The molecule has 0 radical (unpaired) electrons. The fraction of sp³-hybridized carbons (Fsp3) is 0.167. The minimum atomic E-state index is -0.514. The quantitative estimate of drug-likeness (QED) is 0.784. The minimum Gasteiger partial charge on any atom is -0.465 e. The number of hydrogen-bond donors (Lipinski definition) is 2. The Kier molecular flexibility index (Phi) is 6.22. The molecule has 0 aromatic heterocycles. The van der Waals surface area contributed by atoms with E-state index in [0.29, 0.717) is 16.8 Å². The Bertz CT molecular complexity index is 792. The second-order valence-electron chi connectivity index (χ2n) is 5.20. The van der Waals surface area contributed by atoms with E-state index in [1.165, 1.54) is 31.4 Å². The molecule has 0 spiro atoms. The first-order valence-corrected chi connectivity index (χ1v) is 7.47. The number of nitrogens with one attached hydrogen (secondary N) is 2. The first-order valence-electron chi connectivity index (χ1n) is 7.47. The van der Waals surface area contributed by atoms with Crippen molar-refractivity contribution < 1.29 is 23.5 Å². The van der Waals surface area contributed by atoms with Crippen LogP contribution in [-0.4, -0.2) is 31.4 Å². The number of carbonyl (C=O) groups excluding carboxylic acids is 3. The number of anilines is 1. The van der Waals surface area contributed by atoms with Crippen molar-refractivity contribution in [3.63, 3.8) is 0 Å². The van der Waals surface area contributed by atoms with Gasteiger partial charge >= 0.3 is 5.97 Å². The molecule has 0 fully saturated rings. The maximum Gasteiger partial charge on any atom is 0.337 e. The van der Waals surface area contributed by atoms with Crippen LogP contribution in [0.5, 0.6) is 0 Å². The van der Waals surface area contributed by atoms with Gasteiger partial charge in [0.1, 0.15) is 5.82 Å². The highest BCUT2D eigenvalue weighted by atomic mass is 19.1. The Morgan fingerprint density at radius 3 is 2.52 bits per heavy atom. The number of ether oxygens (including phenoxy) is 1. The Morgan fingerprint density at radius 1 is 1.04 bits per heavy atom. The molecule has 0 heterocycles. The lowest BCUT2D eigenvalue weighted by atomic mass is 10.1. The standard InChI is InChI=1S/C18H17FN2O4/c1-25-18(24)13-5-3-7-15(10-13)21-17(23)11-20-16(22)9-12-4-2-6-14(19)8-12/h2-8,10H,9,11H2,1H3,(H,20,22)(H,21,23). The maximum absolute atomic E-state index is 13.1. The summed E-state index contributed by atoms with van der Waals surface area (Å²) in [5, 5.41) is 5.02. The second kappa shape index (κ2) is 8.58. The van der Waals surface area contributed by atoms with Crippen LogP contribution in [0.1, 0.15) is 15.9 Å². The third-order valence-corrected chi connectivity index (χ3v) is 3.27. The normalized spacial score (nSPS) is 10.0. The van der Waals surface area contributed by atoms with Crippen molar-refractivity contribution in [3.05, 3.63) is 65.5 Å². The summed E-state index contributed by atoms with van der Waals surface area (Å²) in [6, 6.07) is 11.9. The van der Waals surface area contributed by atoms with Gasteiger partial charge in [-0.2, -0.15) is 0 Å². The Labute approximate surface area is 144 Å². The summed E-state index contributed by atoms with van der Waals surface area (Å²) in [6.07, 6.45) is -0.0249. The summed E-state index contributed by atoms with van der Waals surface area (Å²) < 4.78 is 17.7. The maximum atomic E-state index is 13.1. The number of carbonyl (C=O) groups is 3. The van der Waals surface area contributed by atoms with Gasteiger partial charge < -0.3 is 15.4 Å². The van der Waals surface area contributed by atoms with Gasteiger partial charge in [0.05, 0.1) is 25.6 Å². The zero-order valence-electron chi connectivity index (χ0n) is 13.5. The largest absolute Gasteiger partial charge is 0.465 e. The van der Waals surface area contributed by atoms with Crippen LogP contribution in [0.25, 0.3) is 0 Å². The van der Waals surface area contributed by atoms with Crippen molar-refractivity contribution in [3.8, 4) is 0 Å². The van der Waals surface area contributed by atoms with Gasteiger partial charge in [0.15, 0.2) is 0 Å². The van der Waals surface area contributed by atoms with Crippen molar-refractivity contribution in [1.82, 2.24) is 5.32 Å². The fourth-order valence-electron chi connectivity index (χ4n) is 2.12. The van der Waals surface area contributed by atoms with Crippen molar-refractivity contribution in [2.24, 2.45) is 0 Å². The van der Waals surface area contributed by atoms with Crippen molar-refractivity contribution in [2.75, 3.05) is 19.0 Å². The van der Waals surface area contributed by atoms with Gasteiger partial charge in [0.2, 0.25) is 11.8 Å². The Hall–Kier alpha value is -3.22. The molecule has 2 N–H and O–H groups in total. The predicted molar refractivity (Wildman–Crippen MR) is 89.5 cm³/mol. The number of methoxy groups -OCH3 is 1. The van der Waals surface area contributed by atoms with Crippen molar-refractivity contribution >= 4 is 23.5 Å². The molecule has 0 unspecified atom stereocenters. The highest BCUT2D eigenvalue weighted by molar-refractivity contribution is 5.96. The van der Waals surface area contributed by atoms with E-state index in [2.05, 4.69) is 15.4 Å². The molecule has 0 atom stereocenters. The zero-order valence-corrected chi connectivity index (χ0v) is 13.5. The van der Waals surface area contributed by atoms with Gasteiger partial charge in [-0.1, -0.05) is 18.2 Å². The molecule has 130 valence electrons. The molecule has 7 heteroatoms. The Balaban J connectivity index is 1.84. The summed E-state index contributed by atoms with van der Waals surface area (Å²) in [5.41, 5.74) is 1.23. The second-order valence-corrected chi connectivity index (χ2v) is 5.20. The molecule has 2 aromatic rings. The van der Waals surface area contributed by atoms with E-state index in [1.807, 2.05) is 0 Å². The number of hydrogen-bond acceptors (Lipinski definition) is 4. The smallest absolute Gasteiger partial charge is 0.337 e. The molecular formula is C18H17FN2O4. The van der Waals surface area contributed by atoms with Crippen molar-refractivity contribution in [2.45, 2.75) is 6.42 Å². The SMILES string of the molecule is COC(=O)c1cccc(NC(=O)CNC(=O)Cc2cccc(F)c2)c1. The summed E-state index contributed by atoms with van der Waals surface area (Å²) in [7, 11) is 1.27. The van der Waals surface area contributed by atoms with E-state index in [0.717, 1.165) is 0 Å².